The molecule has 1 aliphatic rings. The first-order valence-corrected chi connectivity index (χ1v) is 7.86. The maximum Gasteiger partial charge on any atom is 0.414 e. The first-order chi connectivity index (χ1) is 10.5. The van der Waals surface area contributed by atoms with E-state index in [0.717, 1.165) is 16.8 Å². The van der Waals surface area contributed by atoms with E-state index in [1.807, 2.05) is 52.8 Å². The lowest BCUT2D eigenvalue weighted by Crippen LogP contribution is -2.35. The van der Waals surface area contributed by atoms with Crippen molar-refractivity contribution in [3.63, 3.8) is 0 Å². The number of amides is 1. The normalized spacial score (nSPS) is 14.6. The van der Waals surface area contributed by atoms with Gasteiger partial charge in [-0.3, -0.25) is 9.69 Å². The minimum atomic E-state index is -0.824. The van der Waals surface area contributed by atoms with Gasteiger partial charge in [-0.05, 0) is 44.4 Å². The lowest BCUT2D eigenvalue weighted by molar-refractivity contribution is -0.138. The number of rotatable bonds is 3. The van der Waals surface area contributed by atoms with Crippen LogP contribution in [-0.2, 0) is 21.4 Å². The van der Waals surface area contributed by atoms with Gasteiger partial charge in [0.15, 0.2) is 0 Å². The summed E-state index contributed by atoms with van der Waals surface area (Å²) in [5, 5.41) is 9.14. The number of carbonyl (C=O) groups excluding carboxylic acids is 1. The molecule has 1 aromatic carbocycles. The van der Waals surface area contributed by atoms with Crippen LogP contribution >= 0.6 is 0 Å². The van der Waals surface area contributed by atoms with Crippen LogP contribution in [0.25, 0.3) is 0 Å². The highest BCUT2D eigenvalue weighted by molar-refractivity contribution is 5.91. The van der Waals surface area contributed by atoms with Crippen LogP contribution in [-0.4, -0.2) is 29.3 Å². The van der Waals surface area contributed by atoms with Crippen LogP contribution in [0.15, 0.2) is 18.2 Å². The van der Waals surface area contributed by atoms with E-state index in [1.54, 1.807) is 4.90 Å². The van der Waals surface area contributed by atoms with Gasteiger partial charge in [-0.25, -0.2) is 4.79 Å². The molecule has 0 bridgehead atoms. The summed E-state index contributed by atoms with van der Waals surface area (Å²) in [6, 6.07) is 5.73. The fourth-order valence-corrected chi connectivity index (χ4v) is 3.05. The molecule has 1 amide bonds. The van der Waals surface area contributed by atoms with Crippen LogP contribution in [0.2, 0.25) is 0 Å². The second-order valence-electron chi connectivity index (χ2n) is 7.64. The van der Waals surface area contributed by atoms with Crippen molar-refractivity contribution in [2.24, 2.45) is 0 Å². The van der Waals surface area contributed by atoms with Crippen molar-refractivity contribution in [2.45, 2.75) is 58.5 Å². The Labute approximate surface area is 137 Å². The van der Waals surface area contributed by atoms with Gasteiger partial charge in [0.05, 0.1) is 12.1 Å². The number of carbonyl (C=O) groups is 2. The Hall–Kier alpha value is -2.04. The average Bonchev–Trinajstić information content (AvgIpc) is 2.78. The number of benzene rings is 1. The molecular formula is C18H25NO4. The Kier molecular flexibility index (Phi) is 4.42. The van der Waals surface area contributed by atoms with Crippen LogP contribution in [0.4, 0.5) is 10.5 Å². The second-order valence-corrected chi connectivity index (χ2v) is 7.64. The van der Waals surface area contributed by atoms with Gasteiger partial charge in [-0.2, -0.15) is 0 Å². The minimum absolute atomic E-state index is 0.0515. The minimum Gasteiger partial charge on any atom is -0.481 e. The molecule has 1 heterocycles. The van der Waals surface area contributed by atoms with E-state index in [2.05, 4.69) is 0 Å². The third kappa shape index (κ3) is 3.84. The SMILES string of the molecule is CC(C)(C)OC(=O)N1CCc2c1cccc2C(C)(C)CC(=O)O. The van der Waals surface area contributed by atoms with Crippen LogP contribution < -0.4 is 4.90 Å². The summed E-state index contributed by atoms with van der Waals surface area (Å²) in [6.07, 6.45) is 0.411. The zero-order valence-corrected chi connectivity index (χ0v) is 14.5. The number of nitrogens with zero attached hydrogens (tertiary/aromatic N) is 1. The van der Waals surface area contributed by atoms with Crippen LogP contribution in [0.1, 0.15) is 52.2 Å². The fraction of sp³-hybridized carbons (Fsp3) is 0.556. The molecule has 0 fully saturated rings. The van der Waals surface area contributed by atoms with E-state index in [9.17, 15) is 9.59 Å². The van der Waals surface area contributed by atoms with E-state index in [-0.39, 0.29) is 12.5 Å². The topological polar surface area (TPSA) is 66.8 Å². The van der Waals surface area contributed by atoms with Crippen LogP contribution in [0, 0.1) is 0 Å². The smallest absolute Gasteiger partial charge is 0.414 e. The molecule has 23 heavy (non-hydrogen) atoms. The zero-order valence-electron chi connectivity index (χ0n) is 14.5. The van der Waals surface area contributed by atoms with E-state index >= 15 is 0 Å². The highest BCUT2D eigenvalue weighted by Crippen LogP contribution is 2.38. The molecule has 2 rings (SSSR count). The van der Waals surface area contributed by atoms with E-state index < -0.39 is 17.0 Å². The largest absolute Gasteiger partial charge is 0.481 e. The molecule has 1 aromatic rings. The molecule has 0 saturated carbocycles. The Balaban J connectivity index is 2.34. The molecule has 5 heteroatoms. The van der Waals surface area contributed by atoms with Crippen molar-refractivity contribution in [3.8, 4) is 0 Å². The summed E-state index contributed by atoms with van der Waals surface area (Å²) in [4.78, 5) is 25.1. The highest BCUT2D eigenvalue weighted by atomic mass is 16.6. The van der Waals surface area contributed by atoms with Gasteiger partial charge in [0.2, 0.25) is 0 Å². The van der Waals surface area contributed by atoms with Crippen molar-refractivity contribution < 1.29 is 19.4 Å². The van der Waals surface area contributed by atoms with Crippen molar-refractivity contribution in [2.75, 3.05) is 11.4 Å². The molecule has 126 valence electrons. The van der Waals surface area contributed by atoms with Crippen molar-refractivity contribution in [1.82, 2.24) is 0 Å². The number of fused-ring (bicyclic) bond motifs is 1. The molecule has 0 unspecified atom stereocenters. The average molecular weight is 319 g/mol. The van der Waals surface area contributed by atoms with Crippen molar-refractivity contribution in [1.29, 1.82) is 0 Å². The van der Waals surface area contributed by atoms with Crippen LogP contribution in [0.3, 0.4) is 0 Å². The molecule has 0 aromatic heterocycles. The Morgan fingerprint density at radius 1 is 1.22 bits per heavy atom. The predicted octanol–water partition coefficient (Wildman–Crippen LogP) is 3.74. The molecule has 5 nitrogen and oxygen atoms in total. The number of aliphatic carboxylic acids is 1. The Morgan fingerprint density at radius 2 is 1.87 bits per heavy atom. The third-order valence-electron chi connectivity index (χ3n) is 3.96. The van der Waals surface area contributed by atoms with E-state index in [1.165, 1.54) is 0 Å². The first kappa shape index (κ1) is 17.3. The summed E-state index contributed by atoms with van der Waals surface area (Å²) in [5.41, 5.74) is 1.84. The number of anilines is 1. The quantitative estimate of drug-likeness (QED) is 0.921. The van der Waals surface area contributed by atoms with Crippen LogP contribution in [0.5, 0.6) is 0 Å². The van der Waals surface area contributed by atoms with Gasteiger partial charge < -0.3 is 9.84 Å². The number of hydrogen-bond donors (Lipinski definition) is 1. The lowest BCUT2D eigenvalue weighted by atomic mass is 9.78. The van der Waals surface area contributed by atoms with Gasteiger partial charge in [0, 0.05) is 12.0 Å². The highest BCUT2D eigenvalue weighted by Gasteiger charge is 2.34. The molecular weight excluding hydrogens is 294 g/mol. The number of hydrogen-bond acceptors (Lipinski definition) is 3. The molecule has 0 radical (unpaired) electrons. The number of carboxylic acids is 1. The maximum absolute atomic E-state index is 12.4. The summed E-state index contributed by atoms with van der Waals surface area (Å²) in [7, 11) is 0. The Bertz CT molecular complexity index is 628. The second kappa shape index (κ2) is 5.87. The van der Waals surface area contributed by atoms with Gasteiger partial charge in [-0.1, -0.05) is 26.0 Å². The molecule has 0 atom stereocenters. The molecule has 0 aliphatic carbocycles. The standard InChI is InChI=1S/C18H25NO4/c1-17(2,3)23-16(22)19-10-9-12-13(7-6-8-14(12)19)18(4,5)11-15(20)21/h6-8H,9-11H2,1-5H3,(H,20,21). The molecule has 0 saturated heterocycles. The maximum atomic E-state index is 12.4. The number of carboxylic acid groups (broad SMARTS) is 1. The van der Waals surface area contributed by atoms with Gasteiger partial charge in [-0.15, -0.1) is 0 Å². The van der Waals surface area contributed by atoms with Gasteiger partial charge in [0.25, 0.3) is 0 Å². The van der Waals surface area contributed by atoms with Gasteiger partial charge >= 0.3 is 12.1 Å². The lowest BCUT2D eigenvalue weighted by Gasteiger charge is -2.27. The van der Waals surface area contributed by atoms with E-state index in [4.69, 9.17) is 9.84 Å². The number of ether oxygens (including phenoxy) is 1. The molecule has 0 spiro atoms. The third-order valence-corrected chi connectivity index (χ3v) is 3.96. The van der Waals surface area contributed by atoms with Crippen molar-refractivity contribution in [3.05, 3.63) is 29.3 Å². The van der Waals surface area contributed by atoms with Gasteiger partial charge in [0.1, 0.15) is 5.60 Å². The Morgan fingerprint density at radius 3 is 2.43 bits per heavy atom. The van der Waals surface area contributed by atoms with Crippen molar-refractivity contribution >= 4 is 17.7 Å². The fourth-order valence-electron chi connectivity index (χ4n) is 3.05. The summed E-state index contributed by atoms with van der Waals surface area (Å²) in [6.45, 7) is 9.93. The molecule has 1 aliphatic heterocycles. The zero-order chi connectivity index (χ0) is 17.4. The first-order valence-electron chi connectivity index (χ1n) is 7.86. The summed E-state index contributed by atoms with van der Waals surface area (Å²) < 4.78 is 5.46. The monoisotopic (exact) mass is 319 g/mol. The molecule has 1 N–H and O–H groups in total. The summed E-state index contributed by atoms with van der Waals surface area (Å²) >= 11 is 0. The predicted molar refractivity (Wildman–Crippen MR) is 89.0 cm³/mol. The van der Waals surface area contributed by atoms with E-state index in [0.29, 0.717) is 13.0 Å². The summed E-state index contributed by atoms with van der Waals surface area (Å²) in [5.74, 6) is -0.824.